The number of aromatic nitrogens is 3. The molecule has 0 fully saturated rings. The third kappa shape index (κ3) is 3.21. The van der Waals surface area contributed by atoms with E-state index in [2.05, 4.69) is 9.55 Å². The van der Waals surface area contributed by atoms with E-state index in [1.807, 2.05) is 78.9 Å². The lowest BCUT2D eigenvalue weighted by molar-refractivity contribution is 0.461. The molecule has 0 aliphatic heterocycles. The molecule has 1 N–H and O–H groups in total. The maximum absolute atomic E-state index is 10.8. The van der Waals surface area contributed by atoms with Crippen molar-refractivity contribution in [3.05, 3.63) is 113 Å². The molecule has 30 heavy (non-hydrogen) atoms. The fraction of sp³-hybridized carbons (Fsp3) is 0.0400. The van der Waals surface area contributed by atoms with Crippen LogP contribution in [-0.2, 0) is 0 Å². The van der Waals surface area contributed by atoms with Crippen LogP contribution in [-0.4, -0.2) is 19.6 Å². The SMILES string of the molecule is Oc1ccc(Cl)cc1[C@@H](c1ccccc1)n1c(-c2ccccn2)nc2ccccc21. The van der Waals surface area contributed by atoms with Crippen molar-refractivity contribution < 1.29 is 5.11 Å². The Morgan fingerprint density at radius 1 is 0.833 bits per heavy atom. The van der Waals surface area contributed by atoms with Gasteiger partial charge in [-0.25, -0.2) is 4.98 Å². The van der Waals surface area contributed by atoms with Gasteiger partial charge in [0.15, 0.2) is 5.82 Å². The van der Waals surface area contributed by atoms with Gasteiger partial charge in [-0.3, -0.25) is 4.98 Å². The molecule has 4 nitrogen and oxygen atoms in total. The molecule has 0 unspecified atom stereocenters. The number of pyridine rings is 1. The van der Waals surface area contributed by atoms with Crippen LogP contribution in [0.4, 0.5) is 0 Å². The highest BCUT2D eigenvalue weighted by Gasteiger charge is 2.26. The normalized spacial score (nSPS) is 12.2. The zero-order valence-corrected chi connectivity index (χ0v) is 16.7. The van der Waals surface area contributed by atoms with Gasteiger partial charge in [-0.15, -0.1) is 0 Å². The first kappa shape index (κ1) is 18.4. The highest BCUT2D eigenvalue weighted by molar-refractivity contribution is 6.30. The Kier molecular flexibility index (Phi) is 4.69. The Hall–Kier alpha value is -3.63. The third-order valence-electron chi connectivity index (χ3n) is 5.15. The standard InChI is InChI=1S/C25H18ClN3O/c26-18-13-14-23(30)19(16-18)24(17-8-2-1-3-9-17)29-22-12-5-4-10-20(22)28-25(29)21-11-6-7-15-27-21/h1-16,24,30H/t24-/m1/s1. The van der Waals surface area contributed by atoms with Gasteiger partial charge in [0, 0.05) is 16.8 Å². The van der Waals surface area contributed by atoms with E-state index in [0.717, 1.165) is 28.1 Å². The molecule has 1 atom stereocenters. The summed E-state index contributed by atoms with van der Waals surface area (Å²) in [6.45, 7) is 0. The Labute approximate surface area is 179 Å². The topological polar surface area (TPSA) is 50.9 Å². The first-order valence-corrected chi connectivity index (χ1v) is 10.0. The van der Waals surface area contributed by atoms with Crippen LogP contribution < -0.4 is 0 Å². The molecule has 0 amide bonds. The number of phenolic OH excluding ortho intramolecular Hbond substituents is 1. The van der Waals surface area contributed by atoms with E-state index in [-0.39, 0.29) is 11.8 Å². The molecule has 0 aliphatic carbocycles. The first-order chi connectivity index (χ1) is 14.7. The lowest BCUT2D eigenvalue weighted by Gasteiger charge is -2.24. The number of halogens is 1. The molecule has 0 spiro atoms. The Bertz CT molecular complexity index is 1320. The maximum atomic E-state index is 10.8. The van der Waals surface area contributed by atoms with E-state index in [0.29, 0.717) is 10.6 Å². The summed E-state index contributed by atoms with van der Waals surface area (Å²) in [4.78, 5) is 9.44. The number of aromatic hydroxyl groups is 1. The lowest BCUT2D eigenvalue weighted by atomic mass is 9.97. The summed E-state index contributed by atoms with van der Waals surface area (Å²) >= 11 is 6.34. The van der Waals surface area contributed by atoms with E-state index in [4.69, 9.17) is 16.6 Å². The van der Waals surface area contributed by atoms with Crippen molar-refractivity contribution in [2.24, 2.45) is 0 Å². The van der Waals surface area contributed by atoms with E-state index in [1.165, 1.54) is 0 Å². The quantitative estimate of drug-likeness (QED) is 0.389. The number of imidazole rings is 1. The molecular weight excluding hydrogens is 394 g/mol. The second-order valence-electron chi connectivity index (χ2n) is 7.03. The van der Waals surface area contributed by atoms with Gasteiger partial charge in [-0.2, -0.15) is 0 Å². The zero-order chi connectivity index (χ0) is 20.5. The molecule has 0 radical (unpaired) electrons. The summed E-state index contributed by atoms with van der Waals surface area (Å²) in [7, 11) is 0. The number of hydrogen-bond donors (Lipinski definition) is 1. The molecule has 3 aromatic carbocycles. The number of hydrogen-bond acceptors (Lipinski definition) is 3. The minimum Gasteiger partial charge on any atom is -0.508 e. The Morgan fingerprint density at radius 3 is 2.40 bits per heavy atom. The van der Waals surface area contributed by atoms with Gasteiger partial charge >= 0.3 is 0 Å². The second-order valence-corrected chi connectivity index (χ2v) is 7.46. The summed E-state index contributed by atoms with van der Waals surface area (Å²) in [6.07, 6.45) is 1.76. The number of fused-ring (bicyclic) bond motifs is 1. The summed E-state index contributed by atoms with van der Waals surface area (Å²) in [5, 5.41) is 11.4. The Balaban J connectivity index is 1.87. The lowest BCUT2D eigenvalue weighted by Crippen LogP contribution is -2.14. The number of benzene rings is 3. The second kappa shape index (κ2) is 7.65. The van der Waals surface area contributed by atoms with Crippen molar-refractivity contribution in [1.82, 2.24) is 14.5 Å². The van der Waals surface area contributed by atoms with Crippen molar-refractivity contribution in [3.8, 4) is 17.3 Å². The molecule has 5 aromatic rings. The first-order valence-electron chi connectivity index (χ1n) is 9.64. The molecule has 0 bridgehead atoms. The maximum Gasteiger partial charge on any atom is 0.160 e. The summed E-state index contributed by atoms with van der Waals surface area (Å²) in [6, 6.07) is 28.6. The van der Waals surface area contributed by atoms with Crippen LogP contribution in [0.3, 0.4) is 0 Å². The summed E-state index contributed by atoms with van der Waals surface area (Å²) in [5.41, 5.74) is 4.28. The molecule has 5 rings (SSSR count). The molecule has 146 valence electrons. The largest absolute Gasteiger partial charge is 0.508 e. The number of phenols is 1. The van der Waals surface area contributed by atoms with E-state index >= 15 is 0 Å². The number of para-hydroxylation sites is 2. The van der Waals surface area contributed by atoms with Crippen molar-refractivity contribution in [1.29, 1.82) is 0 Å². The van der Waals surface area contributed by atoms with Gasteiger partial charge in [-0.1, -0.05) is 60.1 Å². The summed E-state index contributed by atoms with van der Waals surface area (Å²) in [5.74, 6) is 0.906. The molecule has 0 saturated heterocycles. The Morgan fingerprint density at radius 2 is 1.60 bits per heavy atom. The highest BCUT2D eigenvalue weighted by atomic mass is 35.5. The molecule has 2 heterocycles. The summed E-state index contributed by atoms with van der Waals surface area (Å²) < 4.78 is 2.12. The molecule has 0 saturated carbocycles. The van der Waals surface area contributed by atoms with Crippen LogP contribution in [0.2, 0.25) is 5.02 Å². The fourth-order valence-electron chi connectivity index (χ4n) is 3.83. The predicted molar refractivity (Wildman–Crippen MR) is 120 cm³/mol. The third-order valence-corrected chi connectivity index (χ3v) is 5.38. The van der Waals surface area contributed by atoms with Gasteiger partial charge in [0.05, 0.1) is 17.1 Å². The van der Waals surface area contributed by atoms with Crippen molar-refractivity contribution >= 4 is 22.6 Å². The van der Waals surface area contributed by atoms with Gasteiger partial charge in [0.25, 0.3) is 0 Å². The number of nitrogens with zero attached hydrogens (tertiary/aromatic N) is 3. The predicted octanol–water partition coefficient (Wildman–Crippen LogP) is 6.10. The zero-order valence-electron chi connectivity index (χ0n) is 16.0. The van der Waals surface area contributed by atoms with E-state index in [1.54, 1.807) is 18.3 Å². The van der Waals surface area contributed by atoms with Gasteiger partial charge < -0.3 is 9.67 Å². The molecule has 0 aliphatic rings. The van der Waals surface area contributed by atoms with Gasteiger partial charge in [-0.05, 0) is 48.0 Å². The minimum absolute atomic E-state index is 0.179. The van der Waals surface area contributed by atoms with Crippen LogP contribution in [0.1, 0.15) is 17.2 Å². The van der Waals surface area contributed by atoms with Crippen molar-refractivity contribution in [2.45, 2.75) is 6.04 Å². The number of rotatable bonds is 4. The van der Waals surface area contributed by atoms with Crippen LogP contribution in [0.5, 0.6) is 5.75 Å². The smallest absolute Gasteiger partial charge is 0.160 e. The minimum atomic E-state index is -0.339. The van der Waals surface area contributed by atoms with Gasteiger partial charge in [0.1, 0.15) is 11.4 Å². The van der Waals surface area contributed by atoms with Crippen LogP contribution in [0, 0.1) is 0 Å². The van der Waals surface area contributed by atoms with E-state index in [9.17, 15) is 5.11 Å². The van der Waals surface area contributed by atoms with Crippen LogP contribution in [0.15, 0.2) is 97.2 Å². The molecule has 2 aromatic heterocycles. The van der Waals surface area contributed by atoms with Crippen molar-refractivity contribution in [2.75, 3.05) is 0 Å². The van der Waals surface area contributed by atoms with E-state index < -0.39 is 0 Å². The van der Waals surface area contributed by atoms with Gasteiger partial charge in [0.2, 0.25) is 0 Å². The average Bonchev–Trinajstić information content (AvgIpc) is 3.17. The van der Waals surface area contributed by atoms with Crippen LogP contribution >= 0.6 is 11.6 Å². The monoisotopic (exact) mass is 411 g/mol. The molecule has 5 heteroatoms. The van der Waals surface area contributed by atoms with Crippen molar-refractivity contribution in [3.63, 3.8) is 0 Å². The highest BCUT2D eigenvalue weighted by Crippen LogP contribution is 2.39. The average molecular weight is 412 g/mol. The molecular formula is C25H18ClN3O. The fourth-order valence-corrected chi connectivity index (χ4v) is 4.01. The van der Waals surface area contributed by atoms with Crippen LogP contribution in [0.25, 0.3) is 22.6 Å².